The second kappa shape index (κ2) is 7.55. The van der Waals surface area contributed by atoms with E-state index in [0.717, 1.165) is 15.8 Å². The molecule has 0 radical (unpaired) electrons. The fourth-order valence-electron chi connectivity index (χ4n) is 3.23. The smallest absolute Gasteiger partial charge is 0.174 e. The first-order valence-electron chi connectivity index (χ1n) is 8.12. The summed E-state index contributed by atoms with van der Waals surface area (Å²) in [5.74, 6) is 1.42. The molecule has 2 aromatic carbocycles. The Labute approximate surface area is 150 Å². The summed E-state index contributed by atoms with van der Waals surface area (Å²) in [5.41, 5.74) is 3.47. The molecule has 0 saturated carbocycles. The van der Waals surface area contributed by atoms with Crippen LogP contribution < -0.4 is 14.8 Å². The van der Waals surface area contributed by atoms with Crippen LogP contribution in [-0.4, -0.2) is 24.9 Å². The highest BCUT2D eigenvalue weighted by Crippen LogP contribution is 2.37. The van der Waals surface area contributed by atoms with Crippen molar-refractivity contribution in [3.63, 3.8) is 0 Å². The molecule has 0 spiro atoms. The van der Waals surface area contributed by atoms with Gasteiger partial charge in [0.2, 0.25) is 0 Å². The van der Waals surface area contributed by atoms with E-state index in [0.29, 0.717) is 25.3 Å². The number of methoxy groups -OCH3 is 1. The molecular weight excluding hydrogens is 370 g/mol. The molecule has 0 bridgehead atoms. The topological polar surface area (TPSA) is 50.7 Å². The fourth-order valence-corrected chi connectivity index (χ4v) is 3.88. The Bertz CT molecular complexity index is 720. The molecular formula is C19H22BrNO3. The van der Waals surface area contributed by atoms with Crippen molar-refractivity contribution in [1.82, 2.24) is 5.32 Å². The number of benzene rings is 2. The summed E-state index contributed by atoms with van der Waals surface area (Å²) in [6, 6.07) is 12.1. The number of ether oxygens (including phenoxy) is 2. The summed E-state index contributed by atoms with van der Waals surface area (Å²) < 4.78 is 11.9. The lowest BCUT2D eigenvalue weighted by molar-refractivity contribution is 0.140. The predicted molar refractivity (Wildman–Crippen MR) is 97.6 cm³/mol. The molecule has 128 valence electrons. The molecule has 0 heterocycles. The summed E-state index contributed by atoms with van der Waals surface area (Å²) in [6.07, 6.45) is 0.306. The first-order chi connectivity index (χ1) is 11.6. The number of fused-ring (bicyclic) bond motifs is 1. The van der Waals surface area contributed by atoms with Crippen LogP contribution in [0.3, 0.4) is 0 Å². The number of aliphatic hydroxyl groups excluding tert-OH is 1. The molecule has 0 fully saturated rings. The van der Waals surface area contributed by atoms with Gasteiger partial charge in [0.1, 0.15) is 0 Å². The van der Waals surface area contributed by atoms with Crippen LogP contribution in [0.5, 0.6) is 11.5 Å². The van der Waals surface area contributed by atoms with Gasteiger partial charge in [-0.15, -0.1) is 0 Å². The zero-order valence-corrected chi connectivity index (χ0v) is 15.5. The molecule has 0 amide bonds. The van der Waals surface area contributed by atoms with E-state index in [2.05, 4.69) is 33.4 Å². The third-order valence-electron chi connectivity index (χ3n) is 4.30. The van der Waals surface area contributed by atoms with Crippen molar-refractivity contribution >= 4 is 15.9 Å². The van der Waals surface area contributed by atoms with Gasteiger partial charge in [-0.3, -0.25) is 0 Å². The van der Waals surface area contributed by atoms with E-state index in [1.807, 2.05) is 31.2 Å². The minimum Gasteiger partial charge on any atom is -0.492 e. The SMILES string of the molecule is CCOc1cc(CN[C@@H]2c3ccccc3C[C@@H]2O)cc(Br)c1OC. The van der Waals surface area contributed by atoms with Crippen molar-refractivity contribution < 1.29 is 14.6 Å². The number of rotatable bonds is 6. The average Bonchev–Trinajstić information content (AvgIpc) is 2.88. The minimum atomic E-state index is -0.393. The van der Waals surface area contributed by atoms with E-state index in [1.54, 1.807) is 7.11 Å². The number of nitrogens with one attached hydrogen (secondary N) is 1. The molecule has 0 aliphatic heterocycles. The molecule has 1 aliphatic rings. The second-order valence-electron chi connectivity index (χ2n) is 5.87. The first-order valence-corrected chi connectivity index (χ1v) is 8.91. The number of hydrogen-bond donors (Lipinski definition) is 2. The number of halogens is 1. The lowest BCUT2D eigenvalue weighted by atomic mass is 10.1. The van der Waals surface area contributed by atoms with E-state index in [9.17, 15) is 5.11 Å². The Morgan fingerprint density at radius 3 is 2.83 bits per heavy atom. The van der Waals surface area contributed by atoms with E-state index in [-0.39, 0.29) is 6.04 Å². The highest BCUT2D eigenvalue weighted by molar-refractivity contribution is 9.10. The maximum Gasteiger partial charge on any atom is 0.174 e. The summed E-state index contributed by atoms with van der Waals surface area (Å²) in [7, 11) is 1.63. The summed E-state index contributed by atoms with van der Waals surface area (Å²) in [6.45, 7) is 3.16. The lowest BCUT2D eigenvalue weighted by Gasteiger charge is -2.19. The molecule has 2 aromatic rings. The Hall–Kier alpha value is -1.56. The van der Waals surface area contributed by atoms with Crippen LogP contribution in [0.1, 0.15) is 29.7 Å². The summed E-state index contributed by atoms with van der Waals surface area (Å²) in [4.78, 5) is 0. The monoisotopic (exact) mass is 391 g/mol. The zero-order chi connectivity index (χ0) is 17.1. The maximum absolute atomic E-state index is 10.3. The molecule has 2 N–H and O–H groups in total. The highest BCUT2D eigenvalue weighted by atomic mass is 79.9. The van der Waals surface area contributed by atoms with Gasteiger partial charge in [-0.1, -0.05) is 24.3 Å². The normalized spacial score (nSPS) is 19.2. The van der Waals surface area contributed by atoms with Crippen LogP contribution in [0.2, 0.25) is 0 Å². The van der Waals surface area contributed by atoms with Gasteiger partial charge in [0.15, 0.2) is 11.5 Å². The van der Waals surface area contributed by atoms with Gasteiger partial charge < -0.3 is 19.9 Å². The van der Waals surface area contributed by atoms with Crippen LogP contribution in [-0.2, 0) is 13.0 Å². The van der Waals surface area contributed by atoms with Crippen molar-refractivity contribution in [3.05, 3.63) is 57.6 Å². The minimum absolute atomic E-state index is 0.0439. The molecule has 24 heavy (non-hydrogen) atoms. The van der Waals surface area contributed by atoms with E-state index in [4.69, 9.17) is 9.47 Å². The van der Waals surface area contributed by atoms with Gasteiger partial charge in [0.25, 0.3) is 0 Å². The van der Waals surface area contributed by atoms with Crippen LogP contribution in [0, 0.1) is 0 Å². The van der Waals surface area contributed by atoms with Crippen molar-refractivity contribution in [2.75, 3.05) is 13.7 Å². The lowest BCUT2D eigenvalue weighted by Crippen LogP contribution is -2.28. The summed E-state index contributed by atoms with van der Waals surface area (Å²) in [5, 5.41) is 13.8. The predicted octanol–water partition coefficient (Wildman–Crippen LogP) is 3.60. The van der Waals surface area contributed by atoms with Gasteiger partial charge in [-0.2, -0.15) is 0 Å². The zero-order valence-electron chi connectivity index (χ0n) is 13.9. The third kappa shape index (κ3) is 3.43. The molecule has 2 atom stereocenters. The summed E-state index contributed by atoms with van der Waals surface area (Å²) >= 11 is 3.54. The van der Waals surface area contributed by atoms with Crippen LogP contribution >= 0.6 is 15.9 Å². The second-order valence-corrected chi connectivity index (χ2v) is 6.73. The van der Waals surface area contributed by atoms with Crippen molar-refractivity contribution in [3.8, 4) is 11.5 Å². The Balaban J connectivity index is 1.77. The maximum atomic E-state index is 10.3. The largest absolute Gasteiger partial charge is 0.492 e. The number of hydrogen-bond acceptors (Lipinski definition) is 4. The van der Waals surface area contributed by atoms with Crippen molar-refractivity contribution in [2.45, 2.75) is 32.0 Å². The third-order valence-corrected chi connectivity index (χ3v) is 4.89. The quantitative estimate of drug-likeness (QED) is 0.789. The molecule has 0 aromatic heterocycles. The molecule has 1 aliphatic carbocycles. The molecule has 4 nitrogen and oxygen atoms in total. The van der Waals surface area contributed by atoms with E-state index < -0.39 is 6.10 Å². The van der Waals surface area contributed by atoms with Crippen LogP contribution in [0.25, 0.3) is 0 Å². The van der Waals surface area contributed by atoms with E-state index in [1.165, 1.54) is 11.1 Å². The van der Waals surface area contributed by atoms with Gasteiger partial charge in [0.05, 0.1) is 30.3 Å². The Morgan fingerprint density at radius 1 is 1.29 bits per heavy atom. The number of aliphatic hydroxyl groups is 1. The molecule has 3 rings (SSSR count). The van der Waals surface area contributed by atoms with Gasteiger partial charge in [-0.25, -0.2) is 0 Å². The van der Waals surface area contributed by atoms with Gasteiger partial charge in [0, 0.05) is 13.0 Å². The molecule has 0 saturated heterocycles. The molecule has 0 unspecified atom stereocenters. The van der Waals surface area contributed by atoms with Crippen LogP contribution in [0.15, 0.2) is 40.9 Å². The van der Waals surface area contributed by atoms with Crippen molar-refractivity contribution in [1.29, 1.82) is 0 Å². The average molecular weight is 392 g/mol. The van der Waals surface area contributed by atoms with Crippen molar-refractivity contribution in [2.24, 2.45) is 0 Å². The highest BCUT2D eigenvalue weighted by Gasteiger charge is 2.30. The standard InChI is InChI=1S/C19H22BrNO3/c1-3-24-17-9-12(8-15(20)19(17)23-2)11-21-18-14-7-5-4-6-13(14)10-16(18)22/h4-9,16,18,21-22H,3,10-11H2,1-2H3/t16-,18+/m0/s1. The van der Waals surface area contributed by atoms with Crippen LogP contribution in [0.4, 0.5) is 0 Å². The fraction of sp³-hybridized carbons (Fsp3) is 0.368. The van der Waals surface area contributed by atoms with Gasteiger partial charge in [-0.05, 0) is 51.7 Å². The Morgan fingerprint density at radius 2 is 2.08 bits per heavy atom. The van der Waals surface area contributed by atoms with E-state index >= 15 is 0 Å². The molecule has 5 heteroatoms. The van der Waals surface area contributed by atoms with Gasteiger partial charge >= 0.3 is 0 Å². The Kier molecular flexibility index (Phi) is 5.43. The first kappa shape index (κ1) is 17.3.